The van der Waals surface area contributed by atoms with Gasteiger partial charge in [0.2, 0.25) is 5.91 Å². The average Bonchev–Trinajstić information content (AvgIpc) is 2.47. The Kier molecular flexibility index (Phi) is 8.60. The normalized spacial score (nSPS) is 24.7. The first-order valence-electron chi connectivity index (χ1n) is 8.37. The second kappa shape index (κ2) is 9.65. The monoisotopic (exact) mass is 317 g/mol. The molecule has 2 saturated heterocycles. The SMILES string of the molecule is CNCC(=O)N1CCC(CCN2CCCCC2C)CC1.Cl. The molecule has 2 rings (SSSR count). The number of halogens is 1. The fraction of sp³-hybridized carbons (Fsp3) is 0.938. The predicted octanol–water partition coefficient (Wildman–Crippen LogP) is 2.13. The maximum atomic E-state index is 11.8. The van der Waals surface area contributed by atoms with Crippen molar-refractivity contribution >= 4 is 18.3 Å². The minimum Gasteiger partial charge on any atom is -0.342 e. The van der Waals surface area contributed by atoms with Crippen LogP contribution in [0.1, 0.15) is 45.4 Å². The van der Waals surface area contributed by atoms with Crippen LogP contribution in [0.3, 0.4) is 0 Å². The number of hydrogen-bond donors (Lipinski definition) is 1. The molecule has 2 heterocycles. The molecule has 5 heteroatoms. The quantitative estimate of drug-likeness (QED) is 0.844. The molecular weight excluding hydrogens is 286 g/mol. The van der Waals surface area contributed by atoms with Gasteiger partial charge in [-0.15, -0.1) is 12.4 Å². The van der Waals surface area contributed by atoms with Crippen molar-refractivity contribution in [2.75, 3.05) is 39.8 Å². The minimum absolute atomic E-state index is 0. The highest BCUT2D eigenvalue weighted by Crippen LogP contribution is 2.23. The number of carbonyl (C=O) groups excluding carboxylic acids is 1. The minimum atomic E-state index is 0. The van der Waals surface area contributed by atoms with E-state index in [1.807, 2.05) is 11.9 Å². The van der Waals surface area contributed by atoms with Crippen LogP contribution in [0.2, 0.25) is 0 Å². The third-order valence-corrected chi connectivity index (χ3v) is 5.06. The third kappa shape index (κ3) is 5.76. The van der Waals surface area contributed by atoms with Crippen LogP contribution in [0, 0.1) is 5.92 Å². The second-order valence-electron chi connectivity index (χ2n) is 6.52. The lowest BCUT2D eigenvalue weighted by Crippen LogP contribution is -2.43. The van der Waals surface area contributed by atoms with Gasteiger partial charge in [-0.2, -0.15) is 0 Å². The largest absolute Gasteiger partial charge is 0.342 e. The van der Waals surface area contributed by atoms with E-state index in [0.29, 0.717) is 6.54 Å². The van der Waals surface area contributed by atoms with Gasteiger partial charge >= 0.3 is 0 Å². The van der Waals surface area contributed by atoms with E-state index < -0.39 is 0 Å². The Morgan fingerprint density at radius 2 is 1.86 bits per heavy atom. The molecule has 0 saturated carbocycles. The Morgan fingerprint density at radius 1 is 1.14 bits per heavy atom. The van der Waals surface area contributed by atoms with Crippen LogP contribution in [0.5, 0.6) is 0 Å². The molecule has 0 aromatic heterocycles. The molecule has 1 atom stereocenters. The van der Waals surface area contributed by atoms with Crippen molar-refractivity contribution in [1.82, 2.24) is 15.1 Å². The van der Waals surface area contributed by atoms with Crippen molar-refractivity contribution in [1.29, 1.82) is 0 Å². The summed E-state index contributed by atoms with van der Waals surface area (Å²) in [5, 5.41) is 2.95. The lowest BCUT2D eigenvalue weighted by atomic mass is 9.92. The van der Waals surface area contributed by atoms with Crippen LogP contribution in [0.4, 0.5) is 0 Å². The lowest BCUT2D eigenvalue weighted by molar-refractivity contribution is -0.131. The third-order valence-electron chi connectivity index (χ3n) is 5.06. The molecule has 1 amide bonds. The van der Waals surface area contributed by atoms with Gasteiger partial charge in [-0.1, -0.05) is 6.42 Å². The summed E-state index contributed by atoms with van der Waals surface area (Å²) in [4.78, 5) is 16.5. The highest BCUT2D eigenvalue weighted by atomic mass is 35.5. The molecular formula is C16H32ClN3O. The van der Waals surface area contributed by atoms with E-state index in [9.17, 15) is 4.79 Å². The molecule has 124 valence electrons. The molecule has 4 nitrogen and oxygen atoms in total. The van der Waals surface area contributed by atoms with E-state index in [1.165, 1.54) is 51.6 Å². The van der Waals surface area contributed by atoms with Crippen molar-refractivity contribution in [3.63, 3.8) is 0 Å². The van der Waals surface area contributed by atoms with E-state index >= 15 is 0 Å². The number of likely N-dealkylation sites (N-methyl/N-ethyl adjacent to an activating group) is 1. The fourth-order valence-electron chi connectivity index (χ4n) is 3.57. The number of amides is 1. The van der Waals surface area contributed by atoms with Gasteiger partial charge in [-0.3, -0.25) is 4.79 Å². The zero-order valence-electron chi connectivity index (χ0n) is 13.6. The summed E-state index contributed by atoms with van der Waals surface area (Å²) in [5.41, 5.74) is 0. The molecule has 21 heavy (non-hydrogen) atoms. The molecule has 0 aliphatic carbocycles. The smallest absolute Gasteiger partial charge is 0.236 e. The Balaban J connectivity index is 0.00000220. The van der Waals surface area contributed by atoms with Crippen molar-refractivity contribution in [2.24, 2.45) is 5.92 Å². The zero-order chi connectivity index (χ0) is 14.4. The fourth-order valence-corrected chi connectivity index (χ4v) is 3.57. The van der Waals surface area contributed by atoms with Crippen LogP contribution in [-0.4, -0.2) is 61.5 Å². The summed E-state index contributed by atoms with van der Waals surface area (Å²) in [6.45, 7) is 7.33. The zero-order valence-corrected chi connectivity index (χ0v) is 14.5. The summed E-state index contributed by atoms with van der Waals surface area (Å²) < 4.78 is 0. The summed E-state index contributed by atoms with van der Waals surface area (Å²) in [7, 11) is 1.84. The van der Waals surface area contributed by atoms with Crippen LogP contribution in [0.15, 0.2) is 0 Å². The molecule has 2 aliphatic rings. The van der Waals surface area contributed by atoms with Gasteiger partial charge in [0.05, 0.1) is 6.54 Å². The molecule has 0 bridgehead atoms. The standard InChI is InChI=1S/C16H31N3O.ClH/c1-14-5-3-4-9-18(14)10-6-15-7-11-19(12-8-15)16(20)13-17-2;/h14-15,17H,3-13H2,1-2H3;1H. The van der Waals surface area contributed by atoms with Gasteiger partial charge < -0.3 is 15.1 Å². The Hall–Kier alpha value is -0.320. The van der Waals surface area contributed by atoms with Crippen molar-refractivity contribution in [3.05, 3.63) is 0 Å². The summed E-state index contributed by atoms with van der Waals surface area (Å²) in [5.74, 6) is 1.08. The predicted molar refractivity (Wildman–Crippen MR) is 90.0 cm³/mol. The molecule has 0 aromatic rings. The van der Waals surface area contributed by atoms with E-state index in [-0.39, 0.29) is 18.3 Å². The first kappa shape index (κ1) is 18.7. The maximum Gasteiger partial charge on any atom is 0.236 e. The van der Waals surface area contributed by atoms with E-state index in [2.05, 4.69) is 17.1 Å². The van der Waals surface area contributed by atoms with Crippen LogP contribution in [0.25, 0.3) is 0 Å². The number of hydrogen-bond acceptors (Lipinski definition) is 3. The molecule has 0 aromatic carbocycles. The molecule has 1 unspecified atom stereocenters. The van der Waals surface area contributed by atoms with Gasteiger partial charge in [0, 0.05) is 19.1 Å². The highest BCUT2D eigenvalue weighted by molar-refractivity contribution is 5.85. The second-order valence-corrected chi connectivity index (χ2v) is 6.52. The number of nitrogens with zero attached hydrogens (tertiary/aromatic N) is 2. The van der Waals surface area contributed by atoms with Gasteiger partial charge in [-0.25, -0.2) is 0 Å². The topological polar surface area (TPSA) is 35.6 Å². The van der Waals surface area contributed by atoms with Crippen LogP contribution >= 0.6 is 12.4 Å². The number of carbonyl (C=O) groups is 1. The van der Waals surface area contributed by atoms with E-state index in [1.54, 1.807) is 0 Å². The Bertz CT molecular complexity index is 306. The first-order chi connectivity index (χ1) is 9.70. The summed E-state index contributed by atoms with van der Waals surface area (Å²) in [6.07, 6.45) is 7.86. The van der Waals surface area contributed by atoms with Gasteiger partial charge in [-0.05, 0) is 65.1 Å². The number of rotatable bonds is 5. The molecule has 1 N–H and O–H groups in total. The Labute approximate surface area is 136 Å². The average molecular weight is 318 g/mol. The van der Waals surface area contributed by atoms with E-state index in [4.69, 9.17) is 0 Å². The molecule has 0 spiro atoms. The van der Waals surface area contributed by atoms with Crippen molar-refractivity contribution in [3.8, 4) is 0 Å². The van der Waals surface area contributed by atoms with E-state index in [0.717, 1.165) is 25.0 Å². The summed E-state index contributed by atoms with van der Waals surface area (Å²) >= 11 is 0. The number of nitrogens with one attached hydrogen (secondary N) is 1. The molecule has 2 aliphatic heterocycles. The van der Waals surface area contributed by atoms with Crippen LogP contribution in [-0.2, 0) is 4.79 Å². The lowest BCUT2D eigenvalue weighted by Gasteiger charge is -2.36. The highest BCUT2D eigenvalue weighted by Gasteiger charge is 2.24. The first-order valence-corrected chi connectivity index (χ1v) is 8.37. The summed E-state index contributed by atoms with van der Waals surface area (Å²) in [6, 6.07) is 0.779. The number of piperidine rings is 2. The number of likely N-dealkylation sites (tertiary alicyclic amines) is 2. The van der Waals surface area contributed by atoms with Gasteiger partial charge in [0.15, 0.2) is 0 Å². The van der Waals surface area contributed by atoms with Crippen LogP contribution < -0.4 is 5.32 Å². The van der Waals surface area contributed by atoms with Gasteiger partial charge in [0.25, 0.3) is 0 Å². The maximum absolute atomic E-state index is 11.8. The molecule has 2 fully saturated rings. The Morgan fingerprint density at radius 3 is 2.48 bits per heavy atom. The molecule has 0 radical (unpaired) electrons. The van der Waals surface area contributed by atoms with Gasteiger partial charge in [0.1, 0.15) is 0 Å². The van der Waals surface area contributed by atoms with Crippen molar-refractivity contribution in [2.45, 2.75) is 51.5 Å². The van der Waals surface area contributed by atoms with Crippen molar-refractivity contribution < 1.29 is 4.79 Å².